The molecule has 178 valence electrons. The summed E-state index contributed by atoms with van der Waals surface area (Å²) in [4.78, 5) is 14.5. The van der Waals surface area contributed by atoms with Crippen molar-refractivity contribution in [2.75, 3.05) is 20.2 Å². The van der Waals surface area contributed by atoms with Gasteiger partial charge in [0.25, 0.3) is 0 Å². The van der Waals surface area contributed by atoms with Crippen molar-refractivity contribution in [3.05, 3.63) is 23.3 Å². The summed E-state index contributed by atoms with van der Waals surface area (Å²) in [5, 5.41) is 41.3. The van der Waals surface area contributed by atoms with Crippen LogP contribution in [0.15, 0.2) is 12.1 Å². The van der Waals surface area contributed by atoms with Crippen LogP contribution in [0.25, 0.3) is 0 Å². The first-order valence-corrected chi connectivity index (χ1v) is 11.4. The summed E-state index contributed by atoms with van der Waals surface area (Å²) in [5.41, 5.74) is 1.92. The fraction of sp³-hybridized carbons (Fsp3) is 0.696. The predicted molar refractivity (Wildman–Crippen MR) is 113 cm³/mol. The first-order valence-electron chi connectivity index (χ1n) is 11.4. The Morgan fingerprint density at radius 2 is 1.97 bits per heavy atom. The molecule has 32 heavy (non-hydrogen) atoms. The Bertz CT molecular complexity index is 830. The minimum atomic E-state index is -1.68. The zero-order valence-corrected chi connectivity index (χ0v) is 18.5. The molecule has 2 aliphatic heterocycles. The second-order valence-electron chi connectivity index (χ2n) is 9.00. The molecule has 2 saturated heterocycles. The number of rotatable bonds is 5. The number of phenolic OH excluding ortho intramolecular Hbond substituents is 1. The molecule has 0 radical (unpaired) electrons. The van der Waals surface area contributed by atoms with E-state index in [1.807, 2.05) is 6.07 Å². The van der Waals surface area contributed by atoms with Gasteiger partial charge in [-0.2, -0.15) is 0 Å². The van der Waals surface area contributed by atoms with Gasteiger partial charge < -0.3 is 34.6 Å². The summed E-state index contributed by atoms with van der Waals surface area (Å²) in [6, 6.07) is 3.91. The molecule has 4 rings (SSSR count). The maximum atomic E-state index is 12.0. The van der Waals surface area contributed by atoms with Crippen molar-refractivity contribution in [2.45, 2.75) is 75.8 Å². The monoisotopic (exact) mass is 451 g/mol. The Balaban J connectivity index is 1.60. The van der Waals surface area contributed by atoms with Crippen LogP contribution in [0.4, 0.5) is 0 Å². The lowest BCUT2D eigenvalue weighted by Gasteiger charge is -2.45. The third kappa shape index (κ3) is 4.20. The van der Waals surface area contributed by atoms with Gasteiger partial charge in [-0.05, 0) is 62.7 Å². The molecule has 0 saturated carbocycles. The maximum Gasteiger partial charge on any atom is 0.337 e. The number of hydrogen-bond donors (Lipinski definition) is 4. The Morgan fingerprint density at radius 1 is 1.19 bits per heavy atom. The van der Waals surface area contributed by atoms with Gasteiger partial charge in [-0.15, -0.1) is 0 Å². The molecule has 7 atom stereocenters. The van der Waals surface area contributed by atoms with Gasteiger partial charge in [0, 0.05) is 11.6 Å². The van der Waals surface area contributed by atoms with Gasteiger partial charge in [0.15, 0.2) is 17.6 Å². The molecule has 9 nitrogen and oxygen atoms in total. The van der Waals surface area contributed by atoms with Crippen molar-refractivity contribution in [2.24, 2.45) is 5.92 Å². The standard InChI is InChI=1S/C23H33NO8/c1-3-8-24-9-4-5-13-10-14-12(11-15(13)24)6-7-16(25)20(14)31-23-19(28)17(26)18(27)21(32-23)22(29)30-2/h6-7,13,15,17-19,21,23,25-28H,3-5,8-11H2,1-2H3/t13-,15-,17+,18+,19-,21+,23-/m1/s1. The number of esters is 1. The summed E-state index contributed by atoms with van der Waals surface area (Å²) in [6.45, 7) is 4.35. The van der Waals surface area contributed by atoms with Crippen LogP contribution in [0.2, 0.25) is 0 Å². The quantitative estimate of drug-likeness (QED) is 0.469. The van der Waals surface area contributed by atoms with Gasteiger partial charge in [-0.1, -0.05) is 13.0 Å². The largest absolute Gasteiger partial charge is 0.504 e. The van der Waals surface area contributed by atoms with Gasteiger partial charge in [0.05, 0.1) is 7.11 Å². The van der Waals surface area contributed by atoms with Crippen LogP contribution < -0.4 is 4.74 Å². The summed E-state index contributed by atoms with van der Waals surface area (Å²) in [5.74, 6) is -0.379. The van der Waals surface area contributed by atoms with E-state index in [0.29, 0.717) is 12.0 Å². The summed E-state index contributed by atoms with van der Waals surface area (Å²) >= 11 is 0. The van der Waals surface area contributed by atoms with Crippen LogP contribution in [-0.4, -0.2) is 88.2 Å². The lowest BCUT2D eigenvalue weighted by Crippen LogP contribution is -2.61. The third-order valence-electron chi connectivity index (χ3n) is 7.01. The highest BCUT2D eigenvalue weighted by Crippen LogP contribution is 2.43. The number of ether oxygens (including phenoxy) is 3. The Labute approximate surface area is 187 Å². The van der Waals surface area contributed by atoms with Gasteiger partial charge in [-0.25, -0.2) is 4.79 Å². The molecular weight excluding hydrogens is 418 g/mol. The Kier molecular flexibility index (Phi) is 6.92. The molecule has 1 aliphatic carbocycles. The van der Waals surface area contributed by atoms with E-state index in [-0.39, 0.29) is 11.5 Å². The highest BCUT2D eigenvalue weighted by molar-refractivity contribution is 5.75. The number of aliphatic hydroxyl groups is 3. The van der Waals surface area contributed by atoms with Crippen molar-refractivity contribution in [1.82, 2.24) is 4.90 Å². The van der Waals surface area contributed by atoms with Crippen LogP contribution >= 0.6 is 0 Å². The van der Waals surface area contributed by atoms with E-state index in [2.05, 4.69) is 16.6 Å². The highest BCUT2D eigenvalue weighted by Gasteiger charge is 2.49. The lowest BCUT2D eigenvalue weighted by molar-refractivity contribution is -0.272. The van der Waals surface area contributed by atoms with Gasteiger partial charge >= 0.3 is 5.97 Å². The normalized spacial score (nSPS) is 35.0. The molecule has 3 aliphatic rings. The highest BCUT2D eigenvalue weighted by atomic mass is 16.7. The number of likely N-dealkylation sites (tertiary alicyclic amines) is 1. The van der Waals surface area contributed by atoms with Crippen LogP contribution in [0.3, 0.4) is 0 Å². The van der Waals surface area contributed by atoms with Crippen molar-refractivity contribution in [1.29, 1.82) is 0 Å². The van der Waals surface area contributed by atoms with E-state index in [9.17, 15) is 25.2 Å². The van der Waals surface area contributed by atoms with E-state index in [1.54, 1.807) is 6.07 Å². The molecule has 9 heteroatoms. The first-order chi connectivity index (χ1) is 15.3. The second-order valence-corrected chi connectivity index (χ2v) is 9.00. The first kappa shape index (κ1) is 23.3. The molecule has 4 N–H and O–H groups in total. The van der Waals surface area contributed by atoms with E-state index in [0.717, 1.165) is 63.4 Å². The van der Waals surface area contributed by atoms with E-state index >= 15 is 0 Å². The van der Waals surface area contributed by atoms with Crippen LogP contribution in [0, 0.1) is 5.92 Å². The Hall–Kier alpha value is -1.91. The SMILES string of the molecule is CCCN1CCC[C@@H]2Cc3c(ccc(O)c3O[C@@H]3O[C@H](C(=O)OC)[C@@H](O)[C@H](O)[C@H]3O)C[C@H]21. The number of hydrogen-bond acceptors (Lipinski definition) is 9. The molecule has 1 aromatic rings. The van der Waals surface area contributed by atoms with Crippen molar-refractivity contribution in [3.63, 3.8) is 0 Å². The Morgan fingerprint density at radius 3 is 2.69 bits per heavy atom. The number of aliphatic hydroxyl groups excluding tert-OH is 3. The van der Waals surface area contributed by atoms with Crippen LogP contribution in [0.1, 0.15) is 37.3 Å². The zero-order chi connectivity index (χ0) is 23.0. The number of carbonyl (C=O) groups is 1. The number of fused-ring (bicyclic) bond motifs is 2. The fourth-order valence-corrected chi connectivity index (χ4v) is 5.37. The van der Waals surface area contributed by atoms with Crippen LogP contribution in [0.5, 0.6) is 11.5 Å². The zero-order valence-electron chi connectivity index (χ0n) is 18.5. The summed E-state index contributed by atoms with van der Waals surface area (Å²) in [7, 11) is 1.13. The number of carbonyl (C=O) groups excluding carboxylic acids is 1. The molecule has 0 bridgehead atoms. The topological polar surface area (TPSA) is 129 Å². The van der Waals surface area contributed by atoms with Crippen LogP contribution in [-0.2, 0) is 27.1 Å². The lowest BCUT2D eigenvalue weighted by atomic mass is 9.75. The molecule has 0 aromatic heterocycles. The number of piperidine rings is 1. The summed E-state index contributed by atoms with van der Waals surface area (Å²) < 4.78 is 16.0. The van der Waals surface area contributed by atoms with E-state index in [4.69, 9.17) is 9.47 Å². The average Bonchev–Trinajstić information content (AvgIpc) is 2.79. The van der Waals surface area contributed by atoms with Gasteiger partial charge in [0.1, 0.15) is 18.3 Å². The summed E-state index contributed by atoms with van der Waals surface area (Å²) in [6.07, 6.45) is -3.05. The molecule has 2 fully saturated rings. The minimum absolute atomic E-state index is 0.102. The van der Waals surface area contributed by atoms with Gasteiger partial charge in [0.2, 0.25) is 6.29 Å². The van der Waals surface area contributed by atoms with E-state index in [1.165, 1.54) is 0 Å². The molecule has 1 aromatic carbocycles. The van der Waals surface area contributed by atoms with Crippen molar-refractivity contribution < 1.29 is 39.4 Å². The smallest absolute Gasteiger partial charge is 0.337 e. The number of phenols is 1. The second kappa shape index (κ2) is 9.52. The average molecular weight is 452 g/mol. The van der Waals surface area contributed by atoms with Crippen molar-refractivity contribution >= 4 is 5.97 Å². The van der Waals surface area contributed by atoms with E-state index < -0.39 is 36.7 Å². The fourth-order valence-electron chi connectivity index (χ4n) is 5.37. The molecular formula is C23H33NO8. The van der Waals surface area contributed by atoms with Gasteiger partial charge in [-0.3, -0.25) is 4.90 Å². The molecule has 2 heterocycles. The third-order valence-corrected chi connectivity index (χ3v) is 7.01. The molecule has 0 spiro atoms. The number of aromatic hydroxyl groups is 1. The predicted octanol–water partition coefficient (Wildman–Crippen LogP) is 0.341. The maximum absolute atomic E-state index is 12.0. The van der Waals surface area contributed by atoms with Crippen molar-refractivity contribution in [3.8, 4) is 11.5 Å². The molecule has 0 amide bonds. The number of benzene rings is 1. The molecule has 0 unspecified atom stereocenters. The number of methoxy groups -OCH3 is 1. The number of nitrogens with zero attached hydrogens (tertiary/aromatic N) is 1. The minimum Gasteiger partial charge on any atom is -0.504 e.